The van der Waals surface area contributed by atoms with E-state index in [9.17, 15) is 0 Å². The summed E-state index contributed by atoms with van der Waals surface area (Å²) in [6.45, 7) is 9.11. The molecule has 2 N–H and O–H groups in total. The number of nitrogens with zero attached hydrogens (tertiary/aromatic N) is 2. The van der Waals surface area contributed by atoms with Gasteiger partial charge in [-0.15, -0.1) is 0 Å². The van der Waals surface area contributed by atoms with Gasteiger partial charge in [-0.05, 0) is 66.3 Å². The van der Waals surface area contributed by atoms with Gasteiger partial charge in [-0.3, -0.25) is 4.90 Å². The molecule has 1 heterocycles. The van der Waals surface area contributed by atoms with Crippen molar-refractivity contribution in [2.75, 3.05) is 40.3 Å². The van der Waals surface area contributed by atoms with Gasteiger partial charge in [-0.1, -0.05) is 0 Å². The van der Waals surface area contributed by atoms with Crippen LogP contribution in [0.15, 0.2) is 0 Å². The van der Waals surface area contributed by atoms with Crippen LogP contribution in [0.1, 0.15) is 26.7 Å². The van der Waals surface area contributed by atoms with Gasteiger partial charge in [-0.25, -0.2) is 0 Å². The smallest absolute Gasteiger partial charge is 0.0156 e. The Bertz CT molecular complexity index is 189. The number of hydrogen-bond donors (Lipinski definition) is 1. The summed E-state index contributed by atoms with van der Waals surface area (Å²) in [5.74, 6) is 0.708. The lowest BCUT2D eigenvalue weighted by atomic mass is 9.96. The molecule has 1 atom stereocenters. The third kappa shape index (κ3) is 3.74. The first-order valence-corrected chi connectivity index (χ1v) is 6.05. The van der Waals surface area contributed by atoms with Crippen molar-refractivity contribution in [3.05, 3.63) is 0 Å². The third-order valence-corrected chi connectivity index (χ3v) is 3.49. The zero-order chi connectivity index (χ0) is 11.5. The molecule has 0 radical (unpaired) electrons. The predicted octanol–water partition coefficient (Wildman–Crippen LogP) is 0.997. The maximum absolute atomic E-state index is 5.76. The molecule has 3 nitrogen and oxygen atoms in total. The van der Waals surface area contributed by atoms with Gasteiger partial charge in [0, 0.05) is 12.1 Å². The van der Waals surface area contributed by atoms with Crippen molar-refractivity contribution in [2.45, 2.75) is 32.2 Å². The molecule has 0 saturated carbocycles. The lowest BCUT2D eigenvalue weighted by molar-refractivity contribution is 0.167. The van der Waals surface area contributed by atoms with Crippen LogP contribution in [-0.2, 0) is 0 Å². The Morgan fingerprint density at radius 2 is 2.07 bits per heavy atom. The maximum atomic E-state index is 5.76. The summed E-state index contributed by atoms with van der Waals surface area (Å²) < 4.78 is 0. The largest absolute Gasteiger partial charge is 0.330 e. The normalized spacial score (nSPS) is 26.4. The monoisotopic (exact) mass is 213 g/mol. The Kier molecular flexibility index (Phi) is 4.56. The van der Waals surface area contributed by atoms with Crippen LogP contribution in [-0.4, -0.2) is 55.6 Å². The molecule has 0 bridgehead atoms. The van der Waals surface area contributed by atoms with Crippen molar-refractivity contribution < 1.29 is 0 Å². The van der Waals surface area contributed by atoms with E-state index in [1.807, 2.05) is 0 Å². The van der Waals surface area contributed by atoms with Crippen molar-refractivity contribution in [1.82, 2.24) is 9.80 Å². The Hall–Kier alpha value is -0.120. The summed E-state index contributed by atoms with van der Waals surface area (Å²) in [7, 11) is 4.27. The summed E-state index contributed by atoms with van der Waals surface area (Å²) >= 11 is 0. The fourth-order valence-electron chi connectivity index (χ4n) is 2.59. The second kappa shape index (κ2) is 5.28. The Balaban J connectivity index is 2.34. The number of rotatable bonds is 5. The second-order valence-electron chi connectivity index (χ2n) is 5.72. The topological polar surface area (TPSA) is 32.5 Å². The van der Waals surface area contributed by atoms with Crippen LogP contribution in [0.4, 0.5) is 0 Å². The third-order valence-electron chi connectivity index (χ3n) is 3.49. The first-order chi connectivity index (χ1) is 6.95. The first-order valence-electron chi connectivity index (χ1n) is 6.05. The molecule has 1 rings (SSSR count). The van der Waals surface area contributed by atoms with Gasteiger partial charge in [0.1, 0.15) is 0 Å². The molecule has 1 aliphatic rings. The fraction of sp³-hybridized carbons (Fsp3) is 1.00. The van der Waals surface area contributed by atoms with Crippen molar-refractivity contribution >= 4 is 0 Å². The summed E-state index contributed by atoms with van der Waals surface area (Å²) in [5, 5.41) is 0. The van der Waals surface area contributed by atoms with Crippen molar-refractivity contribution in [1.29, 1.82) is 0 Å². The van der Waals surface area contributed by atoms with Crippen LogP contribution in [0.3, 0.4) is 0 Å². The molecular formula is C12H27N3. The molecule has 0 spiro atoms. The minimum Gasteiger partial charge on any atom is -0.330 e. The number of likely N-dealkylation sites (tertiary alicyclic amines) is 1. The molecule has 1 aliphatic heterocycles. The molecule has 1 unspecified atom stereocenters. The lowest BCUT2D eigenvalue weighted by Crippen LogP contribution is -2.39. The van der Waals surface area contributed by atoms with Crippen LogP contribution in [0.5, 0.6) is 0 Å². The van der Waals surface area contributed by atoms with Gasteiger partial charge < -0.3 is 10.6 Å². The Labute approximate surface area is 94.6 Å². The molecule has 3 heteroatoms. The average Bonchev–Trinajstić information content (AvgIpc) is 2.41. The van der Waals surface area contributed by atoms with Gasteiger partial charge in [-0.2, -0.15) is 0 Å². The van der Waals surface area contributed by atoms with Crippen LogP contribution in [0.25, 0.3) is 0 Å². The highest BCUT2D eigenvalue weighted by Gasteiger charge is 2.36. The standard InChI is InChI=1S/C12H27N3/c1-12(2)8-11(9-13)10-15(12)7-5-6-14(3)4/h11H,5-10,13H2,1-4H3. The quantitative estimate of drug-likeness (QED) is 0.739. The van der Waals surface area contributed by atoms with Gasteiger partial charge in [0.05, 0.1) is 0 Å². The SMILES string of the molecule is CN(C)CCCN1CC(CN)CC1(C)C. The maximum Gasteiger partial charge on any atom is 0.0156 e. The second-order valence-corrected chi connectivity index (χ2v) is 5.72. The zero-order valence-electron chi connectivity index (χ0n) is 10.8. The van der Waals surface area contributed by atoms with E-state index in [0.29, 0.717) is 11.5 Å². The van der Waals surface area contributed by atoms with E-state index in [1.54, 1.807) is 0 Å². The highest BCUT2D eigenvalue weighted by molar-refractivity contribution is 4.92. The predicted molar refractivity (Wildman–Crippen MR) is 66.0 cm³/mol. The highest BCUT2D eigenvalue weighted by atomic mass is 15.2. The van der Waals surface area contributed by atoms with E-state index in [1.165, 1.54) is 32.5 Å². The molecule has 1 fully saturated rings. The van der Waals surface area contributed by atoms with Crippen LogP contribution >= 0.6 is 0 Å². The van der Waals surface area contributed by atoms with E-state index in [2.05, 4.69) is 37.7 Å². The van der Waals surface area contributed by atoms with E-state index in [-0.39, 0.29) is 0 Å². The van der Waals surface area contributed by atoms with Gasteiger partial charge >= 0.3 is 0 Å². The van der Waals surface area contributed by atoms with Gasteiger partial charge in [0.2, 0.25) is 0 Å². The molecule has 15 heavy (non-hydrogen) atoms. The molecule has 0 aliphatic carbocycles. The van der Waals surface area contributed by atoms with Gasteiger partial charge in [0.25, 0.3) is 0 Å². The molecule has 90 valence electrons. The lowest BCUT2D eigenvalue weighted by Gasteiger charge is -2.31. The molecule has 1 saturated heterocycles. The van der Waals surface area contributed by atoms with Gasteiger partial charge in [0.15, 0.2) is 0 Å². The molecule has 0 aromatic rings. The molecule has 0 amide bonds. The Morgan fingerprint density at radius 1 is 1.40 bits per heavy atom. The summed E-state index contributed by atoms with van der Waals surface area (Å²) in [5.41, 5.74) is 6.12. The Morgan fingerprint density at radius 3 is 2.53 bits per heavy atom. The number of nitrogens with two attached hydrogens (primary N) is 1. The van der Waals surface area contributed by atoms with E-state index >= 15 is 0 Å². The molecule has 0 aromatic carbocycles. The van der Waals surface area contributed by atoms with Crippen LogP contribution in [0, 0.1) is 5.92 Å². The van der Waals surface area contributed by atoms with E-state index < -0.39 is 0 Å². The summed E-state index contributed by atoms with van der Waals surface area (Å²) in [6.07, 6.45) is 2.51. The summed E-state index contributed by atoms with van der Waals surface area (Å²) in [4.78, 5) is 4.86. The van der Waals surface area contributed by atoms with E-state index in [4.69, 9.17) is 5.73 Å². The first kappa shape index (κ1) is 12.9. The number of hydrogen-bond acceptors (Lipinski definition) is 3. The van der Waals surface area contributed by atoms with Crippen LogP contribution in [0.2, 0.25) is 0 Å². The average molecular weight is 213 g/mol. The molecular weight excluding hydrogens is 186 g/mol. The van der Waals surface area contributed by atoms with Crippen molar-refractivity contribution in [2.24, 2.45) is 11.7 Å². The van der Waals surface area contributed by atoms with E-state index in [0.717, 1.165) is 6.54 Å². The van der Waals surface area contributed by atoms with Crippen LogP contribution < -0.4 is 5.73 Å². The zero-order valence-corrected chi connectivity index (χ0v) is 10.8. The fourth-order valence-corrected chi connectivity index (χ4v) is 2.59. The minimum absolute atomic E-state index is 0.357. The minimum atomic E-state index is 0.357. The highest BCUT2D eigenvalue weighted by Crippen LogP contribution is 2.31. The van der Waals surface area contributed by atoms with Crippen molar-refractivity contribution in [3.8, 4) is 0 Å². The molecule has 0 aromatic heterocycles. The summed E-state index contributed by atoms with van der Waals surface area (Å²) in [6, 6.07) is 0. The van der Waals surface area contributed by atoms with Crippen molar-refractivity contribution in [3.63, 3.8) is 0 Å².